The van der Waals surface area contributed by atoms with Gasteiger partial charge < -0.3 is 24.0 Å². The first-order valence-electron chi connectivity index (χ1n) is 17.4. The summed E-state index contributed by atoms with van der Waals surface area (Å²) in [5.41, 5.74) is 4.14. The summed E-state index contributed by atoms with van der Waals surface area (Å²) in [6.07, 6.45) is 2.04. The van der Waals surface area contributed by atoms with Gasteiger partial charge in [-0.25, -0.2) is 9.78 Å². The Morgan fingerprint density at radius 3 is 2.33 bits per heavy atom. The molecule has 0 saturated carbocycles. The van der Waals surface area contributed by atoms with Crippen LogP contribution in [-0.2, 0) is 4.74 Å². The van der Waals surface area contributed by atoms with Crippen molar-refractivity contribution in [3.63, 3.8) is 0 Å². The van der Waals surface area contributed by atoms with E-state index in [2.05, 4.69) is 62.9 Å². The summed E-state index contributed by atoms with van der Waals surface area (Å²) < 4.78 is 15.8. The predicted molar refractivity (Wildman–Crippen MR) is 200 cm³/mol. The molecule has 0 aliphatic carbocycles. The van der Waals surface area contributed by atoms with Crippen molar-refractivity contribution in [3.05, 3.63) is 65.2 Å². The van der Waals surface area contributed by atoms with Gasteiger partial charge in [0.25, 0.3) is 5.91 Å². The number of likely N-dealkylation sites (tertiary alicyclic amines) is 1. The summed E-state index contributed by atoms with van der Waals surface area (Å²) >= 11 is 0. The van der Waals surface area contributed by atoms with Crippen molar-refractivity contribution in [1.29, 1.82) is 0 Å². The molecule has 2 amide bonds. The van der Waals surface area contributed by atoms with Crippen molar-refractivity contribution in [3.8, 4) is 17.1 Å². The van der Waals surface area contributed by atoms with Crippen LogP contribution in [0.1, 0.15) is 89.2 Å². The van der Waals surface area contributed by atoms with Crippen LogP contribution in [0.25, 0.3) is 11.3 Å². The van der Waals surface area contributed by atoms with Crippen molar-refractivity contribution >= 4 is 34.0 Å². The highest BCUT2D eigenvalue weighted by atomic mass is 32.2. The molecule has 0 spiro atoms. The molecule has 1 unspecified atom stereocenters. The molecule has 4 bridgehead atoms. The van der Waals surface area contributed by atoms with Gasteiger partial charge in [-0.1, -0.05) is 55.7 Å². The molecule has 10 heteroatoms. The van der Waals surface area contributed by atoms with E-state index >= 15 is 0 Å². The first-order valence-corrected chi connectivity index (χ1v) is 18.7. The summed E-state index contributed by atoms with van der Waals surface area (Å²) in [4.78, 5) is 42.1. The van der Waals surface area contributed by atoms with Crippen LogP contribution in [0.2, 0.25) is 0 Å². The number of amides is 2. The summed E-state index contributed by atoms with van der Waals surface area (Å²) in [5, 5.41) is 2.08. The van der Waals surface area contributed by atoms with Crippen LogP contribution in [0.3, 0.4) is 0 Å². The minimum absolute atomic E-state index is 0.0119. The van der Waals surface area contributed by atoms with Crippen LogP contribution >= 0.6 is 10.7 Å². The number of carbonyl (C=O) groups is 2. The molecule has 49 heavy (non-hydrogen) atoms. The monoisotopic (exact) mass is 687 g/mol. The van der Waals surface area contributed by atoms with E-state index in [1.165, 1.54) is 0 Å². The molecule has 2 aliphatic heterocycles. The third kappa shape index (κ3) is 9.41. The van der Waals surface area contributed by atoms with Crippen molar-refractivity contribution in [2.24, 2.45) is 11.3 Å². The number of nitrogens with zero attached hydrogens (tertiary/aromatic N) is 4. The molecule has 3 aromatic rings. The Balaban J connectivity index is 1.53. The second kappa shape index (κ2) is 14.9. The molecule has 1 N–H and O–H groups in total. The maximum absolute atomic E-state index is 14.6. The molecule has 9 nitrogen and oxygen atoms in total. The fraction of sp³-hybridized carbons (Fsp3) is 0.513. The Morgan fingerprint density at radius 2 is 1.69 bits per heavy atom. The number of aromatic nitrogens is 2. The lowest BCUT2D eigenvalue weighted by Gasteiger charge is -2.40. The Hall–Kier alpha value is -3.92. The molecule has 264 valence electrons. The molecule has 3 heterocycles. The SMILES string of the molecule is C/C=S1/Nc2nc(cc(-c3c(C)cccc3C)n2)OC[C@@H](CC(C)(C)C)N(CC2CCN(C(=O)OC(C)(C)C)CC2)C(=O)c2cccc1c2. The zero-order chi connectivity index (χ0) is 35.5. The first kappa shape index (κ1) is 36.4. The van der Waals surface area contributed by atoms with Crippen molar-refractivity contribution in [2.45, 2.75) is 98.1 Å². The molecule has 1 saturated heterocycles. The van der Waals surface area contributed by atoms with Crippen LogP contribution < -0.4 is 9.46 Å². The molecule has 1 aromatic heterocycles. The first-order chi connectivity index (χ1) is 23.1. The van der Waals surface area contributed by atoms with E-state index in [-0.39, 0.29) is 36.0 Å². The number of hydrogen-bond acceptors (Lipinski definition) is 7. The van der Waals surface area contributed by atoms with Crippen LogP contribution in [0, 0.1) is 25.2 Å². The lowest BCUT2D eigenvalue weighted by molar-refractivity contribution is 0.0141. The highest BCUT2D eigenvalue weighted by Gasteiger charge is 2.34. The van der Waals surface area contributed by atoms with Crippen molar-refractivity contribution in [1.82, 2.24) is 19.8 Å². The fourth-order valence-corrected chi connectivity index (χ4v) is 7.90. The maximum Gasteiger partial charge on any atom is 0.410 e. The second-order valence-electron chi connectivity index (χ2n) is 15.5. The summed E-state index contributed by atoms with van der Waals surface area (Å²) in [6.45, 7) is 20.5. The summed E-state index contributed by atoms with van der Waals surface area (Å²) in [7, 11) is -0.574. The van der Waals surface area contributed by atoms with E-state index in [0.717, 1.165) is 46.5 Å². The molecule has 1 fully saturated rings. The normalized spacial score (nSPS) is 19.3. The molecule has 5 rings (SSSR count). The lowest BCUT2D eigenvalue weighted by atomic mass is 9.86. The number of piperidine rings is 1. The Morgan fingerprint density at radius 1 is 1.02 bits per heavy atom. The molecule has 2 aliphatic rings. The van der Waals surface area contributed by atoms with E-state index in [1.54, 1.807) is 4.90 Å². The van der Waals surface area contributed by atoms with E-state index in [1.807, 2.05) is 62.9 Å². The van der Waals surface area contributed by atoms with Gasteiger partial charge in [-0.05, 0) is 107 Å². The van der Waals surface area contributed by atoms with E-state index in [9.17, 15) is 9.59 Å². The van der Waals surface area contributed by atoms with Gasteiger partial charge >= 0.3 is 6.09 Å². The number of anilines is 1. The van der Waals surface area contributed by atoms with Gasteiger partial charge in [-0.2, -0.15) is 4.98 Å². The number of aryl methyl sites for hydroxylation is 2. The third-order valence-corrected chi connectivity index (χ3v) is 10.5. The van der Waals surface area contributed by atoms with Gasteiger partial charge in [-0.3, -0.25) is 4.79 Å². The summed E-state index contributed by atoms with van der Waals surface area (Å²) in [6, 6.07) is 15.9. The maximum atomic E-state index is 14.6. The van der Waals surface area contributed by atoms with Gasteiger partial charge in [0, 0.05) is 41.7 Å². The number of benzene rings is 2. The van der Waals surface area contributed by atoms with Crippen LogP contribution in [0.15, 0.2) is 53.4 Å². The van der Waals surface area contributed by atoms with E-state index < -0.39 is 16.3 Å². The zero-order valence-electron chi connectivity index (χ0n) is 30.6. The minimum atomic E-state index is -0.574. The van der Waals surface area contributed by atoms with E-state index in [0.29, 0.717) is 37.0 Å². The quantitative estimate of drug-likeness (QED) is 0.275. The van der Waals surface area contributed by atoms with E-state index in [4.69, 9.17) is 19.4 Å². The van der Waals surface area contributed by atoms with Crippen molar-refractivity contribution in [2.75, 3.05) is 31.0 Å². The van der Waals surface area contributed by atoms with Gasteiger partial charge in [-0.15, -0.1) is 0 Å². The average Bonchev–Trinajstić information content (AvgIpc) is 3.03. The Kier molecular flexibility index (Phi) is 11.1. The smallest absolute Gasteiger partial charge is 0.410 e. The van der Waals surface area contributed by atoms with Gasteiger partial charge in [0.15, 0.2) is 0 Å². The largest absolute Gasteiger partial charge is 0.475 e. The number of fused-ring (bicyclic) bond motifs is 4. The minimum Gasteiger partial charge on any atom is -0.475 e. The van der Waals surface area contributed by atoms with Crippen molar-refractivity contribution < 1.29 is 19.1 Å². The number of hydrogen-bond donors (Lipinski definition) is 1. The number of carbonyl (C=O) groups excluding carboxylic acids is 2. The van der Waals surface area contributed by atoms with Crippen LogP contribution in [-0.4, -0.2) is 75.0 Å². The van der Waals surface area contributed by atoms with Crippen LogP contribution in [0.4, 0.5) is 10.7 Å². The topological polar surface area (TPSA) is 96.9 Å². The third-order valence-electron chi connectivity index (χ3n) is 8.91. The molecular weight excluding hydrogens is 635 g/mol. The van der Waals surface area contributed by atoms with Gasteiger partial charge in [0.1, 0.15) is 12.2 Å². The standard InChI is InChI=1S/C39H53N5O4S/c1-10-49-31-16-12-15-29(21-31)35(45)44(24-28-17-19-43(20-18-28)37(46)48-39(7,8)9)30(23-38(4,5)6)25-47-33-22-32(40-36(41-33)42-49)34-26(2)13-11-14-27(34)3/h10-16,21-22,28,30H,17-20,23-25H2,1-9H3,(H,40,41,42)/t30-,49?/m1/s1. The number of rotatable bonds is 4. The molecular formula is C39H53N5O4S. The molecule has 0 radical (unpaired) electrons. The second-order valence-corrected chi connectivity index (χ2v) is 17.3. The highest BCUT2D eigenvalue weighted by molar-refractivity contribution is 8.16. The fourth-order valence-electron chi connectivity index (χ4n) is 6.62. The Labute approximate surface area is 294 Å². The lowest BCUT2D eigenvalue weighted by Crippen LogP contribution is -2.50. The Bertz CT molecular complexity index is 1680. The van der Waals surface area contributed by atoms with Gasteiger partial charge in [0.05, 0.1) is 11.7 Å². The average molecular weight is 688 g/mol. The molecule has 2 aromatic carbocycles. The predicted octanol–water partition coefficient (Wildman–Crippen LogP) is 8.52. The number of nitrogens with one attached hydrogen (secondary N) is 1. The van der Waals surface area contributed by atoms with Crippen LogP contribution in [0.5, 0.6) is 5.88 Å². The number of ether oxygens (including phenoxy) is 2. The van der Waals surface area contributed by atoms with Gasteiger partial charge in [0.2, 0.25) is 11.8 Å². The highest BCUT2D eigenvalue weighted by Crippen LogP contribution is 2.34. The molecule has 2 atom stereocenters. The zero-order valence-corrected chi connectivity index (χ0v) is 31.4. The summed E-state index contributed by atoms with van der Waals surface area (Å²) in [5.74, 6) is 1.17.